The number of benzene rings is 3. The average Bonchev–Trinajstić information content (AvgIpc) is 3.09. The Hall–Kier alpha value is -2.44. The predicted molar refractivity (Wildman–Crippen MR) is 213 cm³/mol. The molecule has 1 radical (unpaired) electrons. The molecule has 0 spiro atoms. The van der Waals surface area contributed by atoms with Gasteiger partial charge in [0, 0.05) is 0 Å². The smallest absolute Gasteiger partial charge is 0.346 e. The van der Waals surface area contributed by atoms with E-state index in [0.29, 0.717) is 0 Å². The maximum Gasteiger partial charge on any atom is 3.00 e. The number of unbranched alkanes of at least 4 members (excludes halogenated alkanes) is 7. The van der Waals surface area contributed by atoms with E-state index in [-0.39, 0.29) is 16.5 Å². The molecule has 1 nitrogen and oxygen atoms in total. The van der Waals surface area contributed by atoms with Crippen LogP contribution in [0.5, 0.6) is 0 Å². The molecule has 267 valence electrons. The van der Waals surface area contributed by atoms with Gasteiger partial charge in [0.1, 0.15) is 0 Å². The van der Waals surface area contributed by atoms with Crippen molar-refractivity contribution in [3.63, 3.8) is 0 Å². The van der Waals surface area contributed by atoms with Gasteiger partial charge in [-0.25, -0.2) is 0 Å². The molecule has 3 aromatic carbocycles. The molecule has 0 aliphatic carbocycles. The van der Waals surface area contributed by atoms with Crippen molar-refractivity contribution >= 4 is 11.4 Å². The summed E-state index contributed by atoms with van der Waals surface area (Å²) in [7, 11) is 0. The van der Waals surface area contributed by atoms with Gasteiger partial charge in [0.15, 0.2) is 0 Å². The van der Waals surface area contributed by atoms with E-state index >= 15 is 0 Å². The van der Waals surface area contributed by atoms with Crippen LogP contribution in [0.15, 0.2) is 65.2 Å². The first kappa shape index (κ1) is 45.6. The van der Waals surface area contributed by atoms with E-state index in [1.165, 1.54) is 102 Å². The predicted octanol–water partition coefficient (Wildman–Crippen LogP) is 14.5. The van der Waals surface area contributed by atoms with Crippen molar-refractivity contribution < 1.29 is 16.5 Å². The van der Waals surface area contributed by atoms with Crippen LogP contribution in [0.4, 0.5) is 5.69 Å². The van der Waals surface area contributed by atoms with Gasteiger partial charge >= 0.3 is 16.5 Å². The molecule has 0 atom stereocenters. The fraction of sp³-hybridized carbons (Fsp3) is 0.500. The monoisotopic (exact) mass is 692 g/mol. The summed E-state index contributed by atoms with van der Waals surface area (Å²) in [6.07, 6.45) is 20.6. The first-order valence-corrected chi connectivity index (χ1v) is 18.8. The summed E-state index contributed by atoms with van der Waals surface area (Å²) < 4.78 is 0. The molecule has 0 aromatic heterocycles. The van der Waals surface area contributed by atoms with Crippen LogP contribution in [0.3, 0.4) is 0 Å². The summed E-state index contributed by atoms with van der Waals surface area (Å²) in [6.45, 7) is 26.5. The van der Waals surface area contributed by atoms with E-state index in [1.54, 1.807) is 6.92 Å². The third-order valence-corrected chi connectivity index (χ3v) is 8.76. The summed E-state index contributed by atoms with van der Waals surface area (Å²) in [4.78, 5) is 5.24. The molecular weight excluding hydrogens is 625 g/mol. The normalized spacial score (nSPS) is 11.2. The Morgan fingerprint density at radius 1 is 0.708 bits per heavy atom. The molecule has 48 heavy (non-hydrogen) atoms. The van der Waals surface area contributed by atoms with Crippen molar-refractivity contribution in [3.05, 3.63) is 113 Å². The first-order chi connectivity index (χ1) is 22.8. The third-order valence-electron chi connectivity index (χ3n) is 8.76. The van der Waals surface area contributed by atoms with Crippen LogP contribution in [0.25, 0.3) is 11.1 Å². The minimum atomic E-state index is 0. The summed E-state index contributed by atoms with van der Waals surface area (Å²) in [5, 5.41) is 0. The largest absolute Gasteiger partial charge is 3.00 e. The SMILES string of the molecule is CCCCCCCCc1c(C)cc(N=C(CC)C(C)=[C-]c2cc(C)c(CC)c(CCCC)c2)cc1-c1ccccc1.[CH2-]C.[CH2-]CCC.[Ni+3]. The Morgan fingerprint density at radius 2 is 1.31 bits per heavy atom. The fourth-order valence-electron chi connectivity index (χ4n) is 6.08. The van der Waals surface area contributed by atoms with Crippen molar-refractivity contribution in [2.45, 2.75) is 152 Å². The number of aliphatic imine (C=N–C) groups is 1. The molecule has 0 unspecified atom stereocenters. The van der Waals surface area contributed by atoms with Crippen LogP contribution in [0.2, 0.25) is 0 Å². The topological polar surface area (TPSA) is 12.4 Å². The fourth-order valence-corrected chi connectivity index (χ4v) is 6.08. The van der Waals surface area contributed by atoms with E-state index in [4.69, 9.17) is 4.99 Å². The molecule has 0 heterocycles. The molecule has 0 aliphatic heterocycles. The Morgan fingerprint density at radius 3 is 1.90 bits per heavy atom. The standard InChI is InChI=1S/C40H54N.C4H9.C2H5.Ni/c1-8-12-14-15-16-20-24-38-31(6)27-36(29-39(38)34-22-18-17-19-23-34)41-40(11-4)32(7)26-33-25-30(5)37(10-3)35(28-33)21-13-9-2;1-3-4-2;1-2;/h17-19,22-23,25,27-29H,8-16,20-21,24H2,1-7H3;1,3-4H2,2H3;1H2,2H3;/q3*-1;+3. The molecule has 0 amide bonds. The molecular formula is C46H68NNi. The molecule has 3 aromatic rings. The van der Waals surface area contributed by atoms with E-state index < -0.39 is 0 Å². The van der Waals surface area contributed by atoms with Crippen LogP contribution in [-0.2, 0) is 35.8 Å². The molecule has 3 rings (SSSR count). The van der Waals surface area contributed by atoms with Crippen molar-refractivity contribution in [1.82, 2.24) is 0 Å². The zero-order valence-corrected chi connectivity index (χ0v) is 33.3. The molecule has 0 bridgehead atoms. The van der Waals surface area contributed by atoms with Gasteiger partial charge in [0.05, 0.1) is 5.69 Å². The van der Waals surface area contributed by atoms with Crippen LogP contribution in [0.1, 0.15) is 152 Å². The van der Waals surface area contributed by atoms with Crippen LogP contribution in [0, 0.1) is 33.8 Å². The zero-order valence-electron chi connectivity index (χ0n) is 32.3. The van der Waals surface area contributed by atoms with Gasteiger partial charge < -0.3 is 18.8 Å². The number of rotatable bonds is 17. The molecule has 0 saturated carbocycles. The molecule has 2 heteroatoms. The van der Waals surface area contributed by atoms with E-state index in [0.717, 1.165) is 49.1 Å². The molecule has 0 aliphatic rings. The van der Waals surface area contributed by atoms with Crippen molar-refractivity contribution in [3.8, 4) is 11.1 Å². The molecule has 0 N–H and O–H groups in total. The first-order valence-electron chi connectivity index (χ1n) is 18.8. The number of hydrogen-bond acceptors (Lipinski definition) is 1. The maximum absolute atomic E-state index is 5.24. The van der Waals surface area contributed by atoms with Gasteiger partial charge in [-0.3, -0.25) is 0 Å². The summed E-state index contributed by atoms with van der Waals surface area (Å²) in [6, 6.07) is 20.2. The van der Waals surface area contributed by atoms with Crippen LogP contribution >= 0.6 is 0 Å². The molecule has 0 fully saturated rings. The number of allylic oxidation sites excluding steroid dienone is 1. The van der Waals surface area contributed by atoms with Gasteiger partial charge in [0.2, 0.25) is 0 Å². The van der Waals surface area contributed by atoms with Crippen molar-refractivity contribution in [2.75, 3.05) is 0 Å². The second kappa shape index (κ2) is 27.4. The van der Waals surface area contributed by atoms with Crippen molar-refractivity contribution in [1.29, 1.82) is 0 Å². The van der Waals surface area contributed by atoms with Crippen LogP contribution < -0.4 is 0 Å². The minimum Gasteiger partial charge on any atom is -0.346 e. The Bertz CT molecular complexity index is 1330. The van der Waals surface area contributed by atoms with E-state index in [1.807, 2.05) is 0 Å². The van der Waals surface area contributed by atoms with E-state index in [9.17, 15) is 0 Å². The number of aryl methyl sites for hydroxylation is 3. The maximum atomic E-state index is 5.24. The van der Waals surface area contributed by atoms with Crippen LogP contribution in [-0.4, -0.2) is 5.71 Å². The van der Waals surface area contributed by atoms with Gasteiger partial charge in [-0.2, -0.15) is 13.3 Å². The summed E-state index contributed by atoms with van der Waals surface area (Å²) in [5.41, 5.74) is 14.3. The Labute approximate surface area is 308 Å². The zero-order chi connectivity index (χ0) is 35.0. The molecule has 0 saturated heterocycles. The minimum absolute atomic E-state index is 0. The average molecular weight is 694 g/mol. The van der Waals surface area contributed by atoms with Gasteiger partial charge in [-0.1, -0.05) is 140 Å². The number of nitrogens with zero attached hydrogens (tertiary/aromatic N) is 1. The second-order valence-electron chi connectivity index (χ2n) is 12.6. The number of hydrogen-bond donors (Lipinski definition) is 0. The summed E-state index contributed by atoms with van der Waals surface area (Å²) >= 11 is 0. The van der Waals surface area contributed by atoms with Gasteiger partial charge in [0.25, 0.3) is 0 Å². The van der Waals surface area contributed by atoms with Crippen molar-refractivity contribution in [2.24, 2.45) is 4.99 Å². The summed E-state index contributed by atoms with van der Waals surface area (Å²) in [5.74, 6) is 0. The van der Waals surface area contributed by atoms with Gasteiger partial charge in [-0.15, -0.1) is 29.3 Å². The second-order valence-corrected chi connectivity index (χ2v) is 12.6. The third kappa shape index (κ3) is 15.9. The Balaban J connectivity index is 0.00000293. The Kier molecular flexibility index (Phi) is 26.0. The quantitative estimate of drug-likeness (QED) is 0.0578. The van der Waals surface area contributed by atoms with E-state index in [2.05, 4.69) is 130 Å². The van der Waals surface area contributed by atoms with Gasteiger partial charge in [-0.05, 0) is 86.0 Å².